The molecule has 0 spiro atoms. The molecule has 36 heteroatoms. The van der Waals surface area contributed by atoms with Crippen LogP contribution in [-0.2, 0) is 77.5 Å². The fourth-order valence-electron chi connectivity index (χ4n) is 14.2. The third-order valence-electron chi connectivity index (χ3n) is 19.5. The summed E-state index contributed by atoms with van der Waals surface area (Å²) in [6.07, 6.45) is -70.5. The zero-order valence-corrected chi connectivity index (χ0v) is 52.0. The molecule has 21 N–H and O–H groups in total. The van der Waals surface area contributed by atoms with Gasteiger partial charge in [0.1, 0.15) is 171 Å². The van der Waals surface area contributed by atoms with Crippen molar-refractivity contribution in [1.29, 1.82) is 0 Å². The number of ether oxygens (including phenoxy) is 14. The quantitative estimate of drug-likeness (QED) is 0.0586. The third-order valence-corrected chi connectivity index (χ3v) is 19.5. The lowest BCUT2D eigenvalue weighted by atomic mass is 9.90. The predicted molar refractivity (Wildman–Crippen MR) is 317 cm³/mol. The summed E-state index contributed by atoms with van der Waals surface area (Å²) in [5, 5.41) is 235. The number of nitrogens with one attached hydrogen (secondary N) is 1. The average Bonchev–Trinajstić information content (AvgIpc) is 0.736. The fraction of sp³-hybridized carbons (Fsp3) is 0.726. The Balaban J connectivity index is 0.814. The molecule has 21 saturated heterocycles. The Morgan fingerprint density at radius 1 is 0.316 bits per heavy atom. The summed E-state index contributed by atoms with van der Waals surface area (Å²) in [4.78, 5) is 13.9. The van der Waals surface area contributed by atoms with Crippen LogP contribution in [0.15, 0.2) is 54.6 Å². The van der Waals surface area contributed by atoms with Crippen LogP contribution in [0.3, 0.4) is 0 Å². The van der Waals surface area contributed by atoms with Gasteiger partial charge in [-0.3, -0.25) is 4.79 Å². The van der Waals surface area contributed by atoms with Gasteiger partial charge in [0, 0.05) is 13.0 Å². The molecule has 21 heterocycles. The lowest BCUT2D eigenvalue weighted by molar-refractivity contribution is -0.396. The lowest BCUT2D eigenvalue weighted by Gasteiger charge is -2.50. The molecule has 0 aliphatic carbocycles. The van der Waals surface area contributed by atoms with E-state index in [4.69, 9.17) is 66.3 Å². The number of carbonyl (C=O) groups is 1. The number of aliphatic hydroxyl groups excluding tert-OH is 20. The molecule has 1 amide bonds. The van der Waals surface area contributed by atoms with Gasteiger partial charge in [-0.15, -0.1) is 0 Å². The summed E-state index contributed by atoms with van der Waals surface area (Å²) in [5.41, 5.74) is 0.977. The van der Waals surface area contributed by atoms with E-state index >= 15 is 0 Å². The minimum atomic E-state index is -2.25. The van der Waals surface area contributed by atoms with Crippen LogP contribution in [0.2, 0.25) is 0 Å². The van der Waals surface area contributed by atoms with E-state index in [1.165, 1.54) is 0 Å². The Morgan fingerprint density at radius 2 is 0.582 bits per heavy atom. The van der Waals surface area contributed by atoms with E-state index < -0.39 is 267 Å². The largest absolute Gasteiger partial charge is 0.394 e. The van der Waals surface area contributed by atoms with Gasteiger partial charge in [-0.25, -0.2) is 0 Å². The molecule has 35 atom stereocenters. The standard InChI is InChI=1S/C62H85NO35/c64-14-26-50-37(73)44(80)58(87-26)95-52-28(16-66)89-60(46(82)39(52)75)97-54-30(18-68)91-62(48(84)41(54)77)98-55-31(19-69)90-61(47(83)40(55)76)96-53-29(17-67)88-59(45(81)38(53)74)94-51-27(15-65)86-57(43(79)36(51)72)92-49-25(85-56(93-50)42(78)35(49)71)13-63-32(70)9-3-6-22-12-23-7-1-4-20-10-11-21-5-2-8-24(22)34(21)33(20)23/h1-2,4-5,7-8,10-12,25-31,35-62,64-69,71-84H,3,6,9,13-19H2,(H,63,70)/t25-,26-,27-,28-,29-,30-,31-,35-,36-,37-,38-,39-,40-,41-,42-,43-,44-,45-,46-,47-,48-,49-,50-,51-,52-,53-,54-,55-,56-,57-,58-,59-,60-,61-,62-/m1/s1. The van der Waals surface area contributed by atoms with Gasteiger partial charge in [0.2, 0.25) is 5.91 Å². The molecular weight excluding hydrogens is 1320 g/mol. The van der Waals surface area contributed by atoms with Crippen molar-refractivity contribution < 1.29 is 173 Å². The number of aliphatic hydroxyl groups is 20. The normalized spacial score (nSPS) is 46.1. The number of carbonyl (C=O) groups excluding carboxylic acids is 1. The first-order valence-electron chi connectivity index (χ1n) is 32.3. The second-order valence-corrected chi connectivity index (χ2v) is 25.7. The van der Waals surface area contributed by atoms with Crippen LogP contribution in [0.1, 0.15) is 18.4 Å². The van der Waals surface area contributed by atoms with Crippen LogP contribution in [0.25, 0.3) is 32.3 Å². The summed E-state index contributed by atoms with van der Waals surface area (Å²) < 4.78 is 81.9. The van der Waals surface area contributed by atoms with E-state index in [0.717, 1.165) is 37.9 Å². The molecule has 4 aromatic rings. The zero-order valence-electron chi connectivity index (χ0n) is 52.0. The third kappa shape index (κ3) is 14.2. The molecule has 0 radical (unpaired) electrons. The first-order chi connectivity index (χ1) is 47.0. The Kier molecular flexibility index (Phi) is 23.5. The number of amides is 1. The van der Waals surface area contributed by atoms with E-state index in [2.05, 4.69) is 17.4 Å². The molecule has 0 saturated carbocycles. The van der Waals surface area contributed by atoms with Gasteiger partial charge in [0.25, 0.3) is 0 Å². The van der Waals surface area contributed by atoms with Gasteiger partial charge in [0.15, 0.2) is 44.0 Å². The molecule has 36 nitrogen and oxygen atoms in total. The minimum Gasteiger partial charge on any atom is -0.394 e. The van der Waals surface area contributed by atoms with E-state index in [-0.39, 0.29) is 6.42 Å². The number of aryl methyl sites for hydroxylation is 1. The number of rotatable bonds is 12. The average molecular weight is 1400 g/mol. The minimum absolute atomic E-state index is 0.0803. The van der Waals surface area contributed by atoms with Crippen molar-refractivity contribution in [3.8, 4) is 0 Å². The van der Waals surface area contributed by atoms with Crippen molar-refractivity contribution in [3.05, 3.63) is 60.2 Å². The Labute approximate surface area is 555 Å². The SMILES string of the molecule is O=C(CCCc1cc2cccc3ccc4cccc1c4c32)NC[C@H]1O[C@@H]2O[C@H]3[C@H](O)[C@@H](O)[C@@H](O[C@H]4[C@H](O)[C@@H](O)[C@@H](O[C@H]5[C@H](O)[C@@H](O)[C@@H](O[C@H]6[C@H](O)[C@@H](O)[C@@H](O[C@H]7[C@H](O)[C@@H](O)[C@@H](O[C@H]8[C@H](O)[C@@H](O)[C@@H](O[C@H]1[C@H](O)[C@H]2O)O[C@@H]8CO)O[C@@H]7CO)O[C@@H]6CO)O[C@@H]5CO)O[C@@H]4CO)O[C@@H]3CO. The van der Waals surface area contributed by atoms with Gasteiger partial charge in [-0.2, -0.15) is 0 Å². The molecule has 4 aromatic carbocycles. The molecule has 21 fully saturated rings. The van der Waals surface area contributed by atoms with E-state index in [1.54, 1.807) is 0 Å². The lowest BCUT2D eigenvalue weighted by Crippen LogP contribution is -2.68. The maximum Gasteiger partial charge on any atom is 0.220 e. The molecule has 14 bridgehead atoms. The summed E-state index contributed by atoms with van der Waals surface area (Å²) in [5.74, 6) is -0.558. The van der Waals surface area contributed by atoms with Gasteiger partial charge in [-0.1, -0.05) is 54.6 Å². The van der Waals surface area contributed by atoms with Crippen LogP contribution < -0.4 is 5.32 Å². The Morgan fingerprint density at radius 3 is 0.888 bits per heavy atom. The second kappa shape index (κ2) is 31.2. The smallest absolute Gasteiger partial charge is 0.220 e. The predicted octanol–water partition coefficient (Wildman–Crippen LogP) is -10.2. The highest BCUT2D eigenvalue weighted by atomic mass is 16.8. The molecule has 21 aliphatic rings. The highest BCUT2D eigenvalue weighted by Crippen LogP contribution is 2.41. The van der Waals surface area contributed by atoms with Crippen molar-refractivity contribution in [2.75, 3.05) is 46.2 Å². The van der Waals surface area contributed by atoms with Crippen molar-refractivity contribution in [2.24, 2.45) is 0 Å². The number of hydrogen-bond acceptors (Lipinski definition) is 35. The number of benzene rings is 4. The molecule has 98 heavy (non-hydrogen) atoms. The van der Waals surface area contributed by atoms with E-state index in [0.29, 0.717) is 12.8 Å². The molecule has 0 aromatic heterocycles. The fourth-order valence-corrected chi connectivity index (χ4v) is 14.2. The van der Waals surface area contributed by atoms with Gasteiger partial charge >= 0.3 is 0 Å². The summed E-state index contributed by atoms with van der Waals surface area (Å²) >= 11 is 0. The van der Waals surface area contributed by atoms with Gasteiger partial charge in [0.05, 0.1) is 39.6 Å². The maximum atomic E-state index is 13.9. The van der Waals surface area contributed by atoms with Crippen LogP contribution in [0.5, 0.6) is 0 Å². The van der Waals surface area contributed by atoms with Gasteiger partial charge < -0.3 is 174 Å². The van der Waals surface area contributed by atoms with Crippen LogP contribution >= 0.6 is 0 Å². The highest BCUT2D eigenvalue weighted by molar-refractivity contribution is 6.23. The van der Waals surface area contributed by atoms with Crippen molar-refractivity contribution in [1.82, 2.24) is 5.32 Å². The molecule has 25 rings (SSSR count). The summed E-state index contributed by atoms with van der Waals surface area (Å²) in [7, 11) is 0. The monoisotopic (exact) mass is 1400 g/mol. The Hall–Kier alpha value is -3.97. The molecular formula is C62H85NO35. The van der Waals surface area contributed by atoms with Crippen molar-refractivity contribution in [2.45, 2.75) is 234 Å². The molecule has 0 unspecified atom stereocenters. The zero-order chi connectivity index (χ0) is 69.9. The molecule has 21 aliphatic heterocycles. The first-order valence-corrected chi connectivity index (χ1v) is 32.3. The van der Waals surface area contributed by atoms with E-state index in [9.17, 15) is 107 Å². The second-order valence-electron chi connectivity index (χ2n) is 25.7. The van der Waals surface area contributed by atoms with Crippen LogP contribution in [0, 0.1) is 0 Å². The van der Waals surface area contributed by atoms with Crippen molar-refractivity contribution >= 4 is 38.2 Å². The van der Waals surface area contributed by atoms with E-state index in [1.807, 2.05) is 42.5 Å². The number of hydrogen-bond donors (Lipinski definition) is 21. The topological polar surface area (TPSA) is 563 Å². The Bertz CT molecular complexity index is 3240. The summed E-state index contributed by atoms with van der Waals surface area (Å²) in [6, 6.07) is 18.2. The maximum absolute atomic E-state index is 13.9. The van der Waals surface area contributed by atoms with Crippen molar-refractivity contribution in [3.63, 3.8) is 0 Å². The van der Waals surface area contributed by atoms with Crippen LogP contribution in [-0.4, -0.2) is 369 Å². The highest BCUT2D eigenvalue weighted by Gasteiger charge is 2.60. The van der Waals surface area contributed by atoms with Gasteiger partial charge in [-0.05, 0) is 50.7 Å². The first kappa shape index (κ1) is 73.8. The van der Waals surface area contributed by atoms with Crippen LogP contribution in [0.4, 0.5) is 0 Å². The summed E-state index contributed by atoms with van der Waals surface area (Å²) in [6.45, 7) is -6.97. The molecule has 548 valence electrons.